The number of amides is 1. The van der Waals surface area contributed by atoms with E-state index in [1.54, 1.807) is 37.4 Å². The van der Waals surface area contributed by atoms with Crippen molar-refractivity contribution < 1.29 is 17.9 Å². The predicted molar refractivity (Wildman–Crippen MR) is 122 cm³/mol. The van der Waals surface area contributed by atoms with Crippen LogP contribution in [0.4, 0.5) is 5.69 Å². The molecule has 7 heteroatoms. The molecule has 0 aliphatic carbocycles. The van der Waals surface area contributed by atoms with Crippen molar-refractivity contribution in [3.8, 4) is 5.75 Å². The zero-order chi connectivity index (χ0) is 22.6. The van der Waals surface area contributed by atoms with Crippen molar-refractivity contribution in [1.29, 1.82) is 0 Å². The normalized spacial score (nSPS) is 12.1. The van der Waals surface area contributed by atoms with E-state index in [-0.39, 0.29) is 22.4 Å². The molecule has 1 N–H and O–H groups in total. The lowest BCUT2D eigenvalue weighted by Gasteiger charge is -2.20. The van der Waals surface area contributed by atoms with Crippen molar-refractivity contribution in [1.82, 2.24) is 5.32 Å². The van der Waals surface area contributed by atoms with Gasteiger partial charge in [-0.2, -0.15) is 0 Å². The molecule has 31 heavy (non-hydrogen) atoms. The minimum Gasteiger partial charge on any atom is -0.497 e. The fraction of sp³-hybridized carbons (Fsp3) is 0.208. The molecule has 0 radical (unpaired) electrons. The third-order valence-corrected chi connectivity index (χ3v) is 6.86. The molecule has 1 unspecified atom stereocenters. The van der Waals surface area contributed by atoms with E-state index in [0.29, 0.717) is 5.69 Å². The van der Waals surface area contributed by atoms with Gasteiger partial charge in [-0.25, -0.2) is 8.42 Å². The van der Waals surface area contributed by atoms with E-state index in [1.807, 2.05) is 44.2 Å². The molecule has 0 saturated heterocycles. The van der Waals surface area contributed by atoms with Crippen LogP contribution in [0.3, 0.4) is 0 Å². The summed E-state index contributed by atoms with van der Waals surface area (Å²) in [5.74, 6) is 0.386. The molecule has 3 rings (SSSR count). The number of methoxy groups -OCH3 is 1. The molecule has 0 saturated carbocycles. The number of aryl methyl sites for hydroxylation is 1. The average molecular weight is 439 g/mol. The number of rotatable bonds is 7. The predicted octanol–water partition coefficient (Wildman–Crippen LogP) is 4.32. The Morgan fingerprint density at radius 3 is 2.32 bits per heavy atom. The van der Waals surface area contributed by atoms with Crippen LogP contribution in [-0.4, -0.2) is 28.5 Å². The Labute approximate surface area is 183 Å². The molecule has 3 aromatic carbocycles. The van der Waals surface area contributed by atoms with Gasteiger partial charge in [-0.15, -0.1) is 0 Å². The topological polar surface area (TPSA) is 75.7 Å². The monoisotopic (exact) mass is 438 g/mol. The summed E-state index contributed by atoms with van der Waals surface area (Å²) in [7, 11) is -0.716. The van der Waals surface area contributed by atoms with Gasteiger partial charge in [0.25, 0.3) is 15.9 Å². The second-order valence-corrected chi connectivity index (χ2v) is 9.28. The molecule has 162 valence electrons. The Kier molecular flexibility index (Phi) is 6.65. The van der Waals surface area contributed by atoms with Crippen molar-refractivity contribution in [2.24, 2.45) is 0 Å². The smallest absolute Gasteiger partial charge is 0.264 e. The molecule has 0 aliphatic heterocycles. The number of sulfonamides is 1. The molecule has 0 aliphatic rings. The van der Waals surface area contributed by atoms with Gasteiger partial charge >= 0.3 is 0 Å². The Hall–Kier alpha value is -3.32. The van der Waals surface area contributed by atoms with Crippen LogP contribution in [0.5, 0.6) is 5.75 Å². The number of benzene rings is 3. The van der Waals surface area contributed by atoms with Crippen molar-refractivity contribution in [2.75, 3.05) is 18.5 Å². The lowest BCUT2D eigenvalue weighted by atomic mass is 10.1. The maximum Gasteiger partial charge on any atom is 0.264 e. The third kappa shape index (κ3) is 5.06. The first-order valence-corrected chi connectivity index (χ1v) is 11.3. The van der Waals surface area contributed by atoms with Crippen molar-refractivity contribution in [3.63, 3.8) is 0 Å². The van der Waals surface area contributed by atoms with E-state index in [4.69, 9.17) is 4.74 Å². The van der Waals surface area contributed by atoms with Crippen LogP contribution in [0, 0.1) is 6.92 Å². The minimum absolute atomic E-state index is 0.0567. The highest BCUT2D eigenvalue weighted by Gasteiger charge is 2.23. The Bertz CT molecular complexity index is 1170. The molecule has 0 aromatic heterocycles. The van der Waals surface area contributed by atoms with Gasteiger partial charge in [0.15, 0.2) is 0 Å². The van der Waals surface area contributed by atoms with Crippen LogP contribution in [0.1, 0.15) is 34.5 Å². The van der Waals surface area contributed by atoms with Gasteiger partial charge in [0.1, 0.15) is 5.75 Å². The van der Waals surface area contributed by atoms with Crippen molar-refractivity contribution in [3.05, 3.63) is 89.5 Å². The summed E-state index contributed by atoms with van der Waals surface area (Å²) in [6, 6.07) is 20.5. The van der Waals surface area contributed by atoms with Crippen LogP contribution in [0.2, 0.25) is 0 Å². The molecule has 0 spiro atoms. The van der Waals surface area contributed by atoms with Crippen LogP contribution in [0.25, 0.3) is 0 Å². The zero-order valence-corrected chi connectivity index (χ0v) is 18.8. The zero-order valence-electron chi connectivity index (χ0n) is 18.0. The maximum absolute atomic E-state index is 13.1. The largest absolute Gasteiger partial charge is 0.497 e. The number of ether oxygens (including phenoxy) is 1. The number of carbonyl (C=O) groups is 1. The second-order valence-electron chi connectivity index (χ2n) is 7.31. The van der Waals surface area contributed by atoms with Crippen LogP contribution in [0.15, 0.2) is 77.7 Å². The second kappa shape index (κ2) is 9.22. The lowest BCUT2D eigenvalue weighted by molar-refractivity contribution is 0.0939. The highest BCUT2D eigenvalue weighted by atomic mass is 32.2. The minimum atomic E-state index is -3.81. The summed E-state index contributed by atoms with van der Waals surface area (Å²) in [6.07, 6.45) is 0. The van der Waals surface area contributed by atoms with E-state index in [1.165, 1.54) is 23.5 Å². The van der Waals surface area contributed by atoms with E-state index in [9.17, 15) is 13.2 Å². The first kappa shape index (κ1) is 22.4. The fourth-order valence-electron chi connectivity index (χ4n) is 3.17. The molecule has 0 heterocycles. The van der Waals surface area contributed by atoms with Gasteiger partial charge in [0.2, 0.25) is 0 Å². The molecule has 0 fully saturated rings. The first-order chi connectivity index (χ1) is 14.7. The summed E-state index contributed by atoms with van der Waals surface area (Å²) < 4.78 is 32.6. The first-order valence-electron chi connectivity index (χ1n) is 9.83. The fourth-order valence-corrected chi connectivity index (χ4v) is 4.41. The molecular weight excluding hydrogens is 412 g/mol. The number of hydrogen-bond donors (Lipinski definition) is 1. The summed E-state index contributed by atoms with van der Waals surface area (Å²) >= 11 is 0. The highest BCUT2D eigenvalue weighted by molar-refractivity contribution is 7.92. The lowest BCUT2D eigenvalue weighted by Crippen LogP contribution is -2.28. The summed E-state index contributed by atoms with van der Waals surface area (Å²) in [5.41, 5.74) is 2.71. The quantitative estimate of drug-likeness (QED) is 0.596. The van der Waals surface area contributed by atoms with Gasteiger partial charge in [-0.1, -0.05) is 30.3 Å². The third-order valence-electron chi connectivity index (χ3n) is 5.08. The van der Waals surface area contributed by atoms with Crippen molar-refractivity contribution >= 4 is 21.6 Å². The van der Waals surface area contributed by atoms with Crippen LogP contribution >= 0.6 is 0 Å². The van der Waals surface area contributed by atoms with Gasteiger partial charge < -0.3 is 10.1 Å². The van der Waals surface area contributed by atoms with Gasteiger partial charge in [0, 0.05) is 12.6 Å². The number of hydrogen-bond acceptors (Lipinski definition) is 4. The van der Waals surface area contributed by atoms with Crippen molar-refractivity contribution in [2.45, 2.75) is 24.8 Å². The molecule has 1 amide bonds. The standard InChI is InChI=1S/C24H26N2O4S/c1-17-7-5-9-21(15-17)26(3)31(28,29)23-10-6-8-20(16-23)24(27)25-18(2)19-11-13-22(30-4)14-12-19/h5-16,18H,1-4H3,(H,25,27). The summed E-state index contributed by atoms with van der Waals surface area (Å²) in [5, 5.41) is 2.91. The van der Waals surface area contributed by atoms with E-state index >= 15 is 0 Å². The SMILES string of the molecule is COc1ccc(C(C)NC(=O)c2cccc(S(=O)(=O)N(C)c3cccc(C)c3)c2)cc1. The van der Waals surface area contributed by atoms with Gasteiger partial charge in [-0.3, -0.25) is 9.10 Å². The van der Waals surface area contributed by atoms with E-state index in [2.05, 4.69) is 5.32 Å². The number of carbonyl (C=O) groups excluding carboxylic acids is 1. The molecule has 6 nitrogen and oxygen atoms in total. The Morgan fingerprint density at radius 2 is 1.68 bits per heavy atom. The molecule has 1 atom stereocenters. The Balaban J connectivity index is 1.80. The van der Waals surface area contributed by atoms with Gasteiger partial charge in [0.05, 0.1) is 23.7 Å². The van der Waals surface area contributed by atoms with E-state index in [0.717, 1.165) is 16.9 Å². The molecular formula is C24H26N2O4S. The number of nitrogens with zero attached hydrogens (tertiary/aromatic N) is 1. The van der Waals surface area contributed by atoms with E-state index < -0.39 is 10.0 Å². The Morgan fingerprint density at radius 1 is 1.00 bits per heavy atom. The number of nitrogens with one attached hydrogen (secondary N) is 1. The van der Waals surface area contributed by atoms with Crippen LogP contribution < -0.4 is 14.4 Å². The molecule has 0 bridgehead atoms. The van der Waals surface area contributed by atoms with Crippen LogP contribution in [-0.2, 0) is 10.0 Å². The number of anilines is 1. The summed E-state index contributed by atoms with van der Waals surface area (Å²) in [6.45, 7) is 3.77. The average Bonchev–Trinajstić information content (AvgIpc) is 2.78. The summed E-state index contributed by atoms with van der Waals surface area (Å²) in [4.78, 5) is 12.8. The molecule has 3 aromatic rings. The van der Waals surface area contributed by atoms with Gasteiger partial charge in [-0.05, 0) is 67.4 Å². The maximum atomic E-state index is 13.1. The highest BCUT2D eigenvalue weighted by Crippen LogP contribution is 2.24.